The molecule has 3 aromatic carbocycles. The number of amides is 3. The van der Waals surface area contributed by atoms with Crippen molar-refractivity contribution in [2.24, 2.45) is 0 Å². The van der Waals surface area contributed by atoms with E-state index in [2.05, 4.69) is 10.6 Å². The van der Waals surface area contributed by atoms with E-state index >= 15 is 0 Å². The van der Waals surface area contributed by atoms with E-state index in [9.17, 15) is 14.4 Å². The van der Waals surface area contributed by atoms with Crippen LogP contribution in [0.15, 0.2) is 83.5 Å². The molecule has 0 atom stereocenters. The molecular weight excluding hydrogens is 449 g/mol. The molecule has 1 aliphatic heterocycles. The van der Waals surface area contributed by atoms with Gasteiger partial charge in [-0.3, -0.25) is 14.4 Å². The van der Waals surface area contributed by atoms with E-state index in [1.54, 1.807) is 73.7 Å². The van der Waals surface area contributed by atoms with Crippen LogP contribution in [0.5, 0.6) is 0 Å². The SMILES string of the molecule is Cc1ccccc1N1C(=O)C(Cl)=C(Nc2cccc(C(=O)Nc3cccc(Cl)c3)c2)C1=O. The summed E-state index contributed by atoms with van der Waals surface area (Å²) in [6.07, 6.45) is 0. The zero-order chi connectivity index (χ0) is 22.8. The van der Waals surface area contributed by atoms with Crippen LogP contribution in [0.25, 0.3) is 0 Å². The molecule has 6 nitrogen and oxygen atoms in total. The van der Waals surface area contributed by atoms with Gasteiger partial charge >= 0.3 is 0 Å². The summed E-state index contributed by atoms with van der Waals surface area (Å²) in [5, 5.41) is 5.94. The average Bonchev–Trinajstić information content (AvgIpc) is 2.98. The first-order valence-corrected chi connectivity index (χ1v) is 10.4. The van der Waals surface area contributed by atoms with E-state index in [4.69, 9.17) is 23.2 Å². The number of imide groups is 1. The van der Waals surface area contributed by atoms with Crippen molar-refractivity contribution < 1.29 is 14.4 Å². The highest BCUT2D eigenvalue weighted by Gasteiger charge is 2.39. The highest BCUT2D eigenvalue weighted by Crippen LogP contribution is 2.32. The number of anilines is 3. The Bertz CT molecular complexity index is 1290. The molecule has 0 aromatic heterocycles. The maximum Gasteiger partial charge on any atom is 0.283 e. The fraction of sp³-hybridized carbons (Fsp3) is 0.0417. The molecule has 0 saturated heterocycles. The Kier molecular flexibility index (Phi) is 5.99. The Hall–Kier alpha value is -3.61. The molecule has 0 saturated carbocycles. The van der Waals surface area contributed by atoms with Gasteiger partial charge in [0.05, 0.1) is 5.69 Å². The van der Waals surface area contributed by atoms with Crippen LogP contribution in [0, 0.1) is 6.92 Å². The van der Waals surface area contributed by atoms with Gasteiger partial charge in [-0.2, -0.15) is 0 Å². The number of benzene rings is 3. The lowest BCUT2D eigenvalue weighted by Crippen LogP contribution is -2.32. The van der Waals surface area contributed by atoms with Gasteiger partial charge in [-0.25, -0.2) is 4.90 Å². The van der Waals surface area contributed by atoms with Crippen LogP contribution < -0.4 is 15.5 Å². The van der Waals surface area contributed by atoms with Gasteiger partial charge in [0.2, 0.25) is 0 Å². The van der Waals surface area contributed by atoms with E-state index in [1.165, 1.54) is 0 Å². The Morgan fingerprint density at radius 3 is 2.31 bits per heavy atom. The number of nitrogens with one attached hydrogen (secondary N) is 2. The van der Waals surface area contributed by atoms with Crippen LogP contribution in [0.1, 0.15) is 15.9 Å². The van der Waals surface area contributed by atoms with Gasteiger partial charge < -0.3 is 10.6 Å². The van der Waals surface area contributed by atoms with Crippen LogP contribution >= 0.6 is 23.2 Å². The molecule has 0 fully saturated rings. The number of halogens is 2. The highest BCUT2D eigenvalue weighted by molar-refractivity contribution is 6.53. The van der Waals surface area contributed by atoms with Gasteiger partial charge in [-0.15, -0.1) is 0 Å². The maximum atomic E-state index is 13.0. The second kappa shape index (κ2) is 8.86. The average molecular weight is 466 g/mol. The maximum absolute atomic E-state index is 13.0. The fourth-order valence-electron chi connectivity index (χ4n) is 3.30. The molecule has 3 aromatic rings. The number of carbonyl (C=O) groups is 3. The molecule has 0 radical (unpaired) electrons. The Labute approximate surface area is 194 Å². The van der Waals surface area contributed by atoms with E-state index < -0.39 is 11.8 Å². The van der Waals surface area contributed by atoms with Gasteiger partial charge in [0.15, 0.2) is 0 Å². The number of carbonyl (C=O) groups excluding carboxylic acids is 3. The first-order chi connectivity index (χ1) is 15.3. The number of hydrogen-bond donors (Lipinski definition) is 2. The second-order valence-corrected chi connectivity index (χ2v) is 7.91. The first-order valence-electron chi connectivity index (χ1n) is 9.63. The summed E-state index contributed by atoms with van der Waals surface area (Å²) in [5.41, 5.74) is 2.51. The summed E-state index contributed by atoms with van der Waals surface area (Å²) in [7, 11) is 0. The van der Waals surface area contributed by atoms with Gasteiger partial charge in [0.1, 0.15) is 10.7 Å². The predicted molar refractivity (Wildman–Crippen MR) is 126 cm³/mol. The Balaban J connectivity index is 1.55. The summed E-state index contributed by atoms with van der Waals surface area (Å²) >= 11 is 12.2. The smallest absolute Gasteiger partial charge is 0.283 e. The molecule has 4 rings (SSSR count). The van der Waals surface area contributed by atoms with E-state index in [0.29, 0.717) is 27.6 Å². The molecule has 1 heterocycles. The van der Waals surface area contributed by atoms with E-state index in [0.717, 1.165) is 10.5 Å². The monoisotopic (exact) mass is 465 g/mol. The van der Waals surface area contributed by atoms with E-state index in [1.807, 2.05) is 6.07 Å². The largest absolute Gasteiger partial charge is 0.350 e. The van der Waals surface area contributed by atoms with E-state index in [-0.39, 0.29) is 16.6 Å². The van der Waals surface area contributed by atoms with Crippen LogP contribution in [0.2, 0.25) is 5.02 Å². The van der Waals surface area contributed by atoms with Crippen molar-refractivity contribution in [2.45, 2.75) is 6.92 Å². The quantitative estimate of drug-likeness (QED) is 0.498. The minimum absolute atomic E-state index is 0.0488. The number of rotatable bonds is 5. The third-order valence-corrected chi connectivity index (χ3v) is 5.45. The number of para-hydroxylation sites is 1. The number of aryl methyl sites for hydroxylation is 1. The lowest BCUT2D eigenvalue weighted by molar-refractivity contribution is -0.120. The Morgan fingerprint density at radius 2 is 1.56 bits per heavy atom. The topological polar surface area (TPSA) is 78.5 Å². The number of hydrogen-bond acceptors (Lipinski definition) is 4. The molecule has 1 aliphatic rings. The summed E-state index contributed by atoms with van der Waals surface area (Å²) < 4.78 is 0. The Morgan fingerprint density at radius 1 is 0.844 bits per heavy atom. The fourth-order valence-corrected chi connectivity index (χ4v) is 3.70. The summed E-state index contributed by atoms with van der Waals surface area (Å²) in [6, 6.07) is 20.3. The summed E-state index contributed by atoms with van der Waals surface area (Å²) in [6.45, 7) is 1.80. The van der Waals surface area contributed by atoms with Crippen LogP contribution in [0.3, 0.4) is 0 Å². The van der Waals surface area contributed by atoms with Crippen LogP contribution in [0.4, 0.5) is 17.1 Å². The van der Waals surface area contributed by atoms with Crippen LogP contribution in [-0.4, -0.2) is 17.7 Å². The predicted octanol–water partition coefficient (Wildman–Crippen LogP) is 5.34. The normalized spacial score (nSPS) is 13.5. The van der Waals surface area contributed by atoms with Gasteiger partial charge in [0, 0.05) is 22.0 Å². The highest BCUT2D eigenvalue weighted by atomic mass is 35.5. The third-order valence-electron chi connectivity index (χ3n) is 4.86. The molecule has 2 N–H and O–H groups in total. The zero-order valence-corrected chi connectivity index (χ0v) is 18.4. The molecule has 32 heavy (non-hydrogen) atoms. The first kappa shape index (κ1) is 21.6. The molecule has 0 unspecified atom stereocenters. The minimum Gasteiger partial charge on any atom is -0.350 e. The van der Waals surface area contributed by atoms with Gasteiger partial charge in [-0.05, 0) is 55.0 Å². The van der Waals surface area contributed by atoms with Crippen LogP contribution in [-0.2, 0) is 9.59 Å². The molecule has 3 amide bonds. The second-order valence-electron chi connectivity index (χ2n) is 7.09. The van der Waals surface area contributed by atoms with Gasteiger partial charge in [0.25, 0.3) is 17.7 Å². The van der Waals surface area contributed by atoms with Crippen molar-refractivity contribution >= 4 is 58.0 Å². The molecule has 0 aliphatic carbocycles. The molecule has 0 bridgehead atoms. The molecule has 160 valence electrons. The lowest BCUT2D eigenvalue weighted by Gasteiger charge is -2.17. The molecular formula is C24H17Cl2N3O3. The van der Waals surface area contributed by atoms with Crippen molar-refractivity contribution in [1.82, 2.24) is 0 Å². The van der Waals surface area contributed by atoms with Crippen molar-refractivity contribution in [2.75, 3.05) is 15.5 Å². The minimum atomic E-state index is -0.608. The number of nitrogens with zero attached hydrogens (tertiary/aromatic N) is 1. The summed E-state index contributed by atoms with van der Waals surface area (Å²) in [5.74, 6) is -1.53. The lowest BCUT2D eigenvalue weighted by atomic mass is 10.1. The molecule has 0 spiro atoms. The van der Waals surface area contributed by atoms with Crippen molar-refractivity contribution in [1.29, 1.82) is 0 Å². The molecule has 8 heteroatoms. The van der Waals surface area contributed by atoms with Crippen molar-refractivity contribution in [3.63, 3.8) is 0 Å². The third kappa shape index (κ3) is 4.23. The van der Waals surface area contributed by atoms with Gasteiger partial charge in [-0.1, -0.05) is 53.5 Å². The zero-order valence-electron chi connectivity index (χ0n) is 16.9. The standard InChI is InChI=1S/C24H17Cl2N3O3/c1-14-6-2-3-11-19(14)29-23(31)20(26)21(24(29)32)27-17-9-4-7-15(12-17)22(30)28-18-10-5-8-16(25)13-18/h2-13,27H,1H3,(H,28,30). The van der Waals surface area contributed by atoms with Crippen molar-refractivity contribution in [3.8, 4) is 0 Å². The van der Waals surface area contributed by atoms with Crippen molar-refractivity contribution in [3.05, 3.63) is 99.7 Å². The summed E-state index contributed by atoms with van der Waals surface area (Å²) in [4.78, 5) is 39.3.